The Morgan fingerprint density at radius 2 is 1.88 bits per heavy atom. The monoisotopic (exact) mass is 244 g/mol. The third-order valence-corrected chi connectivity index (χ3v) is 3.10. The summed E-state index contributed by atoms with van der Waals surface area (Å²) >= 11 is 0. The maximum atomic E-state index is 10.9. The lowest BCUT2D eigenvalue weighted by molar-refractivity contribution is 0.600. The van der Waals surface area contributed by atoms with E-state index in [9.17, 15) is 8.42 Å². The third-order valence-electron chi connectivity index (χ3n) is 2.07. The molecule has 16 heavy (non-hydrogen) atoms. The van der Waals surface area contributed by atoms with E-state index >= 15 is 0 Å². The molecule has 0 aliphatic rings. The molecule has 0 saturated carbocycles. The summed E-state index contributed by atoms with van der Waals surface area (Å²) in [5.74, 6) is 0.606. The summed E-state index contributed by atoms with van der Waals surface area (Å²) in [4.78, 5) is 4.17. The molecule has 0 unspecified atom stereocenters. The Morgan fingerprint density at radius 1 is 1.19 bits per heavy atom. The van der Waals surface area contributed by atoms with E-state index in [0.717, 1.165) is 11.4 Å². The molecule has 0 aliphatic carbocycles. The van der Waals surface area contributed by atoms with Crippen molar-refractivity contribution in [2.45, 2.75) is 20.3 Å². The Kier molecular flexibility index (Phi) is 4.17. The minimum Gasteiger partial charge on any atom is -0.353 e. The first kappa shape index (κ1) is 12.8. The van der Waals surface area contributed by atoms with Crippen molar-refractivity contribution in [2.24, 2.45) is 0 Å². The van der Waals surface area contributed by atoms with Gasteiger partial charge in [-0.1, -0.05) is 0 Å². The van der Waals surface area contributed by atoms with E-state index in [2.05, 4.69) is 20.5 Å². The van der Waals surface area contributed by atoms with Gasteiger partial charge in [0, 0.05) is 12.8 Å². The molecule has 0 radical (unpaired) electrons. The van der Waals surface area contributed by atoms with Gasteiger partial charge in [-0.3, -0.25) is 0 Å². The molecule has 1 aromatic heterocycles. The van der Waals surface area contributed by atoms with Gasteiger partial charge in [-0.05, 0) is 20.3 Å². The average Bonchev–Trinajstić information content (AvgIpc) is 2.17. The van der Waals surface area contributed by atoms with Crippen LogP contribution in [-0.4, -0.2) is 42.2 Å². The largest absolute Gasteiger partial charge is 0.353 e. The highest BCUT2D eigenvalue weighted by Crippen LogP contribution is 2.01. The van der Waals surface area contributed by atoms with Crippen LogP contribution in [-0.2, 0) is 9.84 Å². The maximum Gasteiger partial charge on any atom is 0.242 e. The first-order chi connectivity index (χ1) is 7.38. The second-order valence-corrected chi connectivity index (χ2v) is 5.98. The van der Waals surface area contributed by atoms with Gasteiger partial charge < -0.3 is 5.32 Å². The maximum absolute atomic E-state index is 10.9. The zero-order valence-electron chi connectivity index (χ0n) is 9.69. The van der Waals surface area contributed by atoms with Gasteiger partial charge in [-0.15, -0.1) is 5.10 Å². The summed E-state index contributed by atoms with van der Waals surface area (Å²) in [7, 11) is -2.89. The van der Waals surface area contributed by atoms with Crippen LogP contribution >= 0.6 is 0 Å². The number of nitrogens with zero attached hydrogens (tertiary/aromatic N) is 3. The van der Waals surface area contributed by atoms with Gasteiger partial charge in [-0.25, -0.2) is 13.4 Å². The molecule has 0 aromatic carbocycles. The Hall–Kier alpha value is -1.24. The van der Waals surface area contributed by atoms with Crippen molar-refractivity contribution >= 4 is 15.8 Å². The first-order valence-electron chi connectivity index (χ1n) is 4.98. The molecule has 0 atom stereocenters. The zero-order valence-corrected chi connectivity index (χ0v) is 10.5. The molecular weight excluding hydrogens is 228 g/mol. The van der Waals surface area contributed by atoms with Crippen LogP contribution in [0.25, 0.3) is 0 Å². The van der Waals surface area contributed by atoms with Crippen molar-refractivity contribution in [2.75, 3.05) is 23.9 Å². The Morgan fingerprint density at radius 3 is 2.44 bits per heavy atom. The van der Waals surface area contributed by atoms with Crippen LogP contribution in [0.4, 0.5) is 5.95 Å². The molecule has 1 aromatic rings. The second kappa shape index (κ2) is 5.20. The number of hydrogen-bond donors (Lipinski definition) is 1. The number of nitrogens with one attached hydrogen (secondary N) is 1. The molecule has 7 heteroatoms. The number of hydrogen-bond acceptors (Lipinski definition) is 6. The molecule has 1 rings (SSSR count). The Balaban J connectivity index is 2.41. The summed E-state index contributed by atoms with van der Waals surface area (Å²) in [5.41, 5.74) is 1.61. The normalized spacial score (nSPS) is 11.4. The summed E-state index contributed by atoms with van der Waals surface area (Å²) < 4.78 is 21.7. The number of rotatable bonds is 5. The van der Waals surface area contributed by atoms with Crippen LogP contribution in [0.5, 0.6) is 0 Å². The second-order valence-electron chi connectivity index (χ2n) is 3.72. The van der Waals surface area contributed by atoms with Gasteiger partial charge in [0.1, 0.15) is 9.84 Å². The molecule has 1 N–H and O–H groups in total. The van der Waals surface area contributed by atoms with Crippen molar-refractivity contribution in [3.05, 3.63) is 11.4 Å². The summed E-state index contributed by atoms with van der Waals surface area (Å²) in [5, 5.41) is 10.7. The van der Waals surface area contributed by atoms with Crippen LogP contribution in [0.1, 0.15) is 17.8 Å². The fraction of sp³-hybridized carbons (Fsp3) is 0.667. The fourth-order valence-corrected chi connectivity index (χ4v) is 1.73. The van der Waals surface area contributed by atoms with E-state index < -0.39 is 9.84 Å². The highest BCUT2D eigenvalue weighted by molar-refractivity contribution is 7.90. The molecule has 0 saturated heterocycles. The van der Waals surface area contributed by atoms with Crippen molar-refractivity contribution in [1.29, 1.82) is 0 Å². The lowest BCUT2D eigenvalue weighted by Gasteiger charge is -2.04. The predicted octanol–water partition coefficient (Wildman–Crippen LogP) is 0.335. The van der Waals surface area contributed by atoms with Crippen molar-refractivity contribution in [3.63, 3.8) is 0 Å². The molecule has 0 fully saturated rings. The summed E-state index contributed by atoms with van der Waals surface area (Å²) in [6, 6.07) is 0. The molecule has 0 amide bonds. The van der Waals surface area contributed by atoms with Gasteiger partial charge in [-0.2, -0.15) is 5.10 Å². The number of anilines is 1. The molecular formula is C9H16N4O2S. The SMILES string of the molecule is Cc1nnc(NCCCS(C)(=O)=O)nc1C. The van der Waals surface area contributed by atoms with Gasteiger partial charge in [0.05, 0.1) is 17.1 Å². The number of aryl methyl sites for hydroxylation is 2. The third kappa shape index (κ3) is 4.52. The predicted molar refractivity (Wildman–Crippen MR) is 62.1 cm³/mol. The highest BCUT2D eigenvalue weighted by atomic mass is 32.2. The van der Waals surface area contributed by atoms with Gasteiger partial charge >= 0.3 is 0 Å². The van der Waals surface area contributed by atoms with E-state index in [1.54, 1.807) is 0 Å². The number of aromatic nitrogens is 3. The minimum absolute atomic E-state index is 0.165. The highest BCUT2D eigenvalue weighted by Gasteiger charge is 2.03. The molecule has 0 spiro atoms. The van der Waals surface area contributed by atoms with Crippen LogP contribution in [0.15, 0.2) is 0 Å². The van der Waals surface area contributed by atoms with E-state index in [1.807, 2.05) is 13.8 Å². The van der Waals surface area contributed by atoms with E-state index in [-0.39, 0.29) is 5.75 Å². The number of sulfone groups is 1. The lowest BCUT2D eigenvalue weighted by atomic mass is 10.4. The topological polar surface area (TPSA) is 84.8 Å². The molecule has 6 nitrogen and oxygen atoms in total. The molecule has 0 aliphatic heterocycles. The van der Waals surface area contributed by atoms with Crippen LogP contribution in [0.2, 0.25) is 0 Å². The zero-order chi connectivity index (χ0) is 12.2. The van der Waals surface area contributed by atoms with Crippen molar-refractivity contribution in [1.82, 2.24) is 15.2 Å². The van der Waals surface area contributed by atoms with E-state index in [1.165, 1.54) is 6.26 Å². The average molecular weight is 244 g/mol. The Labute approximate surface area is 95.4 Å². The van der Waals surface area contributed by atoms with Crippen molar-refractivity contribution in [3.8, 4) is 0 Å². The quantitative estimate of drug-likeness (QED) is 0.752. The molecule has 1 heterocycles. The van der Waals surface area contributed by atoms with Crippen LogP contribution in [0, 0.1) is 13.8 Å². The fourth-order valence-electron chi connectivity index (χ4n) is 1.07. The van der Waals surface area contributed by atoms with E-state index in [0.29, 0.717) is 18.9 Å². The lowest BCUT2D eigenvalue weighted by Crippen LogP contribution is -2.12. The van der Waals surface area contributed by atoms with Crippen molar-refractivity contribution < 1.29 is 8.42 Å². The minimum atomic E-state index is -2.89. The first-order valence-corrected chi connectivity index (χ1v) is 7.04. The van der Waals surface area contributed by atoms with Crippen LogP contribution < -0.4 is 5.32 Å². The van der Waals surface area contributed by atoms with Crippen LogP contribution in [0.3, 0.4) is 0 Å². The van der Waals surface area contributed by atoms with E-state index in [4.69, 9.17) is 0 Å². The van der Waals surface area contributed by atoms with Gasteiger partial charge in [0.2, 0.25) is 5.95 Å². The summed E-state index contributed by atoms with van der Waals surface area (Å²) in [6.07, 6.45) is 1.76. The summed E-state index contributed by atoms with van der Waals surface area (Å²) in [6.45, 7) is 4.21. The van der Waals surface area contributed by atoms with Gasteiger partial charge in [0.25, 0.3) is 0 Å². The Bertz CT molecular complexity index is 459. The molecule has 90 valence electrons. The smallest absolute Gasteiger partial charge is 0.242 e. The standard InChI is InChI=1S/C9H16N4O2S/c1-7-8(2)12-13-9(11-7)10-5-4-6-16(3,14)15/h4-6H2,1-3H3,(H,10,11,13). The molecule has 0 bridgehead atoms. The van der Waals surface area contributed by atoms with Gasteiger partial charge in [0.15, 0.2) is 0 Å².